The van der Waals surface area contributed by atoms with E-state index in [2.05, 4.69) is 5.32 Å². The molecule has 0 heterocycles. The Morgan fingerprint density at radius 2 is 1.81 bits per heavy atom. The molecule has 0 bridgehead atoms. The normalized spacial score (nSPS) is 11.2. The van der Waals surface area contributed by atoms with Crippen molar-refractivity contribution in [1.29, 1.82) is 0 Å². The molecule has 2 rings (SSSR count). The van der Waals surface area contributed by atoms with Crippen molar-refractivity contribution in [2.24, 2.45) is 0 Å². The first-order chi connectivity index (χ1) is 9.79. The van der Waals surface area contributed by atoms with Crippen LogP contribution in [0.1, 0.15) is 21.5 Å². The maximum atomic E-state index is 12.5. The van der Waals surface area contributed by atoms with Gasteiger partial charge in [0.1, 0.15) is 0 Å². The van der Waals surface area contributed by atoms with Crippen LogP contribution in [-0.2, 0) is 6.18 Å². The van der Waals surface area contributed by atoms with Gasteiger partial charge < -0.3 is 11.1 Å². The van der Waals surface area contributed by atoms with Gasteiger partial charge >= 0.3 is 6.18 Å². The molecule has 6 heteroatoms. The number of nitrogens with one attached hydrogen (secondary N) is 1. The van der Waals surface area contributed by atoms with Crippen molar-refractivity contribution in [3.63, 3.8) is 0 Å². The Hall–Kier alpha value is -2.50. The third-order valence-electron chi connectivity index (χ3n) is 3.02. The van der Waals surface area contributed by atoms with Crippen LogP contribution in [-0.4, -0.2) is 5.91 Å². The summed E-state index contributed by atoms with van der Waals surface area (Å²) in [5.41, 5.74) is 5.94. The van der Waals surface area contributed by atoms with Crippen molar-refractivity contribution in [3.8, 4) is 0 Å². The maximum absolute atomic E-state index is 12.5. The Bertz CT molecular complexity index is 681. The highest BCUT2D eigenvalue weighted by molar-refractivity contribution is 6.06. The minimum atomic E-state index is -4.47. The van der Waals surface area contributed by atoms with Crippen molar-refractivity contribution in [2.45, 2.75) is 13.1 Å². The number of hydrogen-bond acceptors (Lipinski definition) is 2. The molecule has 110 valence electrons. The van der Waals surface area contributed by atoms with Gasteiger partial charge in [0.25, 0.3) is 5.91 Å². The number of nitrogen functional groups attached to an aromatic ring is 1. The lowest BCUT2D eigenvalue weighted by molar-refractivity contribution is -0.137. The van der Waals surface area contributed by atoms with Gasteiger partial charge in [0, 0.05) is 5.56 Å². The van der Waals surface area contributed by atoms with E-state index in [1.165, 1.54) is 0 Å². The van der Waals surface area contributed by atoms with Crippen LogP contribution >= 0.6 is 0 Å². The number of anilines is 2. The van der Waals surface area contributed by atoms with E-state index in [-0.39, 0.29) is 11.4 Å². The van der Waals surface area contributed by atoms with Crippen LogP contribution in [0.4, 0.5) is 24.5 Å². The zero-order valence-electron chi connectivity index (χ0n) is 11.2. The summed E-state index contributed by atoms with van der Waals surface area (Å²) in [6, 6.07) is 9.72. The summed E-state index contributed by atoms with van der Waals surface area (Å²) >= 11 is 0. The molecule has 0 aliphatic rings. The molecule has 0 aliphatic carbocycles. The smallest absolute Gasteiger partial charge is 0.397 e. The number of aryl methyl sites for hydroxylation is 1. The van der Waals surface area contributed by atoms with E-state index in [4.69, 9.17) is 5.73 Å². The molecule has 0 saturated carbocycles. The van der Waals surface area contributed by atoms with Crippen molar-refractivity contribution in [2.75, 3.05) is 11.1 Å². The molecule has 0 aromatic heterocycles. The molecule has 0 unspecified atom stereocenters. The number of carbonyl (C=O) groups excluding carboxylic acids is 1. The summed E-state index contributed by atoms with van der Waals surface area (Å²) in [5.74, 6) is -0.417. The van der Waals surface area contributed by atoms with Crippen molar-refractivity contribution in [1.82, 2.24) is 0 Å². The first-order valence-corrected chi connectivity index (χ1v) is 6.13. The van der Waals surface area contributed by atoms with Crippen LogP contribution in [0.15, 0.2) is 42.5 Å². The fourth-order valence-electron chi connectivity index (χ4n) is 1.87. The zero-order chi connectivity index (χ0) is 15.6. The summed E-state index contributed by atoms with van der Waals surface area (Å²) in [5, 5.41) is 2.51. The molecule has 2 aromatic rings. The van der Waals surface area contributed by atoms with E-state index < -0.39 is 17.6 Å². The van der Waals surface area contributed by atoms with Crippen LogP contribution in [0.3, 0.4) is 0 Å². The summed E-state index contributed by atoms with van der Waals surface area (Å²) < 4.78 is 37.6. The molecule has 0 saturated heterocycles. The topological polar surface area (TPSA) is 55.1 Å². The molecule has 0 spiro atoms. The zero-order valence-corrected chi connectivity index (χ0v) is 11.2. The third kappa shape index (κ3) is 3.34. The number of carbonyl (C=O) groups is 1. The van der Waals surface area contributed by atoms with Gasteiger partial charge in [-0.3, -0.25) is 4.79 Å². The first kappa shape index (κ1) is 14.9. The monoisotopic (exact) mass is 294 g/mol. The fourth-order valence-corrected chi connectivity index (χ4v) is 1.87. The predicted octanol–water partition coefficient (Wildman–Crippen LogP) is 3.85. The lowest BCUT2D eigenvalue weighted by Gasteiger charge is -2.12. The summed E-state index contributed by atoms with van der Waals surface area (Å²) in [6.07, 6.45) is -4.47. The van der Waals surface area contributed by atoms with Crippen LogP contribution < -0.4 is 11.1 Å². The highest BCUT2D eigenvalue weighted by Gasteiger charge is 2.30. The maximum Gasteiger partial charge on any atom is 0.416 e. The highest BCUT2D eigenvalue weighted by Crippen LogP contribution is 2.32. The summed E-state index contributed by atoms with van der Waals surface area (Å²) in [6.45, 7) is 1.77. The van der Waals surface area contributed by atoms with Crippen molar-refractivity contribution < 1.29 is 18.0 Å². The lowest BCUT2D eigenvalue weighted by Crippen LogP contribution is -2.15. The van der Waals surface area contributed by atoms with Gasteiger partial charge in [0.15, 0.2) is 0 Å². The summed E-state index contributed by atoms with van der Waals surface area (Å²) in [7, 11) is 0. The minimum Gasteiger partial charge on any atom is -0.397 e. The number of halogens is 3. The minimum absolute atomic E-state index is 0.133. The number of nitrogens with two attached hydrogens (primary N) is 1. The number of rotatable bonds is 2. The van der Waals surface area contributed by atoms with Gasteiger partial charge in [-0.2, -0.15) is 13.2 Å². The Labute approximate surface area is 119 Å². The van der Waals surface area contributed by atoms with Gasteiger partial charge in [-0.05, 0) is 36.8 Å². The Kier molecular flexibility index (Phi) is 3.88. The largest absolute Gasteiger partial charge is 0.416 e. The second kappa shape index (κ2) is 5.47. The average Bonchev–Trinajstić information content (AvgIpc) is 2.40. The van der Waals surface area contributed by atoms with Crippen LogP contribution in [0.25, 0.3) is 0 Å². The molecule has 0 fully saturated rings. The Morgan fingerprint density at radius 3 is 2.38 bits per heavy atom. The average molecular weight is 294 g/mol. The first-order valence-electron chi connectivity index (χ1n) is 6.13. The Morgan fingerprint density at radius 1 is 1.14 bits per heavy atom. The second-order valence-corrected chi connectivity index (χ2v) is 4.57. The fraction of sp³-hybridized carbons (Fsp3) is 0.133. The van der Waals surface area contributed by atoms with Crippen molar-refractivity contribution >= 4 is 17.3 Å². The molecular weight excluding hydrogens is 281 g/mol. The summed E-state index contributed by atoms with van der Waals surface area (Å²) in [4.78, 5) is 12.1. The number of hydrogen-bond donors (Lipinski definition) is 2. The molecule has 2 aromatic carbocycles. The highest BCUT2D eigenvalue weighted by atomic mass is 19.4. The van der Waals surface area contributed by atoms with Crippen molar-refractivity contribution in [3.05, 3.63) is 59.2 Å². The second-order valence-electron chi connectivity index (χ2n) is 4.57. The van der Waals surface area contributed by atoms with E-state index in [0.717, 1.165) is 23.8 Å². The van der Waals surface area contributed by atoms with Crippen LogP contribution in [0, 0.1) is 6.92 Å². The standard InChI is InChI=1S/C15H13F3N2O/c1-9-4-2-3-5-11(9)14(21)20-13-7-6-10(8-12(13)19)15(16,17)18/h2-8H,19H2,1H3,(H,20,21). The molecule has 3 nitrogen and oxygen atoms in total. The van der Waals surface area contributed by atoms with Crippen LogP contribution in [0.2, 0.25) is 0 Å². The lowest BCUT2D eigenvalue weighted by atomic mass is 10.1. The quantitative estimate of drug-likeness (QED) is 0.827. The van der Waals surface area contributed by atoms with E-state index in [1.807, 2.05) is 0 Å². The molecule has 1 amide bonds. The molecule has 0 aliphatic heterocycles. The molecular formula is C15H13F3N2O. The Balaban J connectivity index is 2.25. The number of alkyl halides is 3. The van der Waals surface area contributed by atoms with Gasteiger partial charge in [-0.15, -0.1) is 0 Å². The van der Waals surface area contributed by atoms with E-state index >= 15 is 0 Å². The van der Waals surface area contributed by atoms with E-state index in [0.29, 0.717) is 5.56 Å². The number of amides is 1. The predicted molar refractivity (Wildman–Crippen MR) is 75.0 cm³/mol. The van der Waals surface area contributed by atoms with Gasteiger partial charge in [-0.1, -0.05) is 18.2 Å². The molecule has 21 heavy (non-hydrogen) atoms. The SMILES string of the molecule is Cc1ccccc1C(=O)Nc1ccc(C(F)(F)F)cc1N. The van der Waals surface area contributed by atoms with E-state index in [1.54, 1.807) is 31.2 Å². The van der Waals surface area contributed by atoms with Crippen LogP contribution in [0.5, 0.6) is 0 Å². The molecule has 3 N–H and O–H groups in total. The third-order valence-corrected chi connectivity index (χ3v) is 3.02. The van der Waals surface area contributed by atoms with Gasteiger partial charge in [0.2, 0.25) is 0 Å². The molecule has 0 atom stereocenters. The van der Waals surface area contributed by atoms with E-state index in [9.17, 15) is 18.0 Å². The molecule has 0 radical (unpaired) electrons. The number of benzene rings is 2. The van der Waals surface area contributed by atoms with Gasteiger partial charge in [0.05, 0.1) is 16.9 Å². The van der Waals surface area contributed by atoms with Gasteiger partial charge in [-0.25, -0.2) is 0 Å².